The SMILES string of the molecule is CC(C)COCC1(C(=O)NN)CCC1. The molecule has 0 aromatic carbocycles. The van der Waals surface area contributed by atoms with Crippen molar-refractivity contribution in [2.45, 2.75) is 33.1 Å². The number of nitrogens with one attached hydrogen (secondary N) is 1. The number of amides is 1. The van der Waals surface area contributed by atoms with Crippen LogP contribution in [-0.2, 0) is 9.53 Å². The van der Waals surface area contributed by atoms with Crippen molar-refractivity contribution in [3.63, 3.8) is 0 Å². The van der Waals surface area contributed by atoms with Crippen LogP contribution in [0.15, 0.2) is 0 Å². The Kier molecular flexibility index (Phi) is 3.89. The first-order chi connectivity index (χ1) is 6.60. The van der Waals surface area contributed by atoms with Crippen LogP contribution < -0.4 is 11.3 Å². The monoisotopic (exact) mass is 200 g/mol. The lowest BCUT2D eigenvalue weighted by Gasteiger charge is -2.39. The third-order valence-electron chi connectivity index (χ3n) is 2.75. The molecule has 0 aromatic heterocycles. The summed E-state index contributed by atoms with van der Waals surface area (Å²) in [7, 11) is 0. The molecule has 1 amide bonds. The van der Waals surface area contributed by atoms with Crippen LogP contribution in [0.5, 0.6) is 0 Å². The largest absolute Gasteiger partial charge is 0.380 e. The fraction of sp³-hybridized carbons (Fsp3) is 0.900. The number of ether oxygens (including phenoxy) is 1. The Labute approximate surface area is 85.2 Å². The van der Waals surface area contributed by atoms with Crippen molar-refractivity contribution >= 4 is 5.91 Å². The van der Waals surface area contributed by atoms with E-state index in [1.54, 1.807) is 0 Å². The molecule has 82 valence electrons. The Morgan fingerprint density at radius 3 is 2.57 bits per heavy atom. The summed E-state index contributed by atoms with van der Waals surface area (Å²) < 4.78 is 5.51. The van der Waals surface area contributed by atoms with E-state index in [0.29, 0.717) is 19.1 Å². The van der Waals surface area contributed by atoms with Gasteiger partial charge in [-0.1, -0.05) is 20.3 Å². The van der Waals surface area contributed by atoms with Gasteiger partial charge < -0.3 is 4.74 Å². The zero-order chi connectivity index (χ0) is 10.6. The van der Waals surface area contributed by atoms with Gasteiger partial charge >= 0.3 is 0 Å². The lowest BCUT2D eigenvalue weighted by Crippen LogP contribution is -2.51. The van der Waals surface area contributed by atoms with Crippen LogP contribution >= 0.6 is 0 Å². The number of hydrogen-bond acceptors (Lipinski definition) is 3. The van der Waals surface area contributed by atoms with Gasteiger partial charge in [0, 0.05) is 6.61 Å². The van der Waals surface area contributed by atoms with E-state index in [1.165, 1.54) is 0 Å². The van der Waals surface area contributed by atoms with Crippen molar-refractivity contribution < 1.29 is 9.53 Å². The van der Waals surface area contributed by atoms with Gasteiger partial charge in [0.2, 0.25) is 5.91 Å². The lowest BCUT2D eigenvalue weighted by molar-refractivity contribution is -0.142. The fourth-order valence-electron chi connectivity index (χ4n) is 1.68. The third-order valence-corrected chi connectivity index (χ3v) is 2.75. The molecule has 4 heteroatoms. The molecule has 0 aliphatic heterocycles. The fourth-order valence-corrected chi connectivity index (χ4v) is 1.68. The van der Waals surface area contributed by atoms with Gasteiger partial charge in [0.05, 0.1) is 12.0 Å². The van der Waals surface area contributed by atoms with Gasteiger partial charge in [0.25, 0.3) is 0 Å². The number of carbonyl (C=O) groups excluding carboxylic acids is 1. The highest BCUT2D eigenvalue weighted by Crippen LogP contribution is 2.41. The topological polar surface area (TPSA) is 64.3 Å². The van der Waals surface area contributed by atoms with E-state index in [9.17, 15) is 4.79 Å². The van der Waals surface area contributed by atoms with E-state index in [0.717, 1.165) is 19.3 Å². The second-order valence-corrected chi connectivity index (χ2v) is 4.52. The minimum Gasteiger partial charge on any atom is -0.380 e. The number of hydrazine groups is 1. The molecule has 0 heterocycles. The molecule has 14 heavy (non-hydrogen) atoms. The van der Waals surface area contributed by atoms with Crippen molar-refractivity contribution in [3.05, 3.63) is 0 Å². The van der Waals surface area contributed by atoms with Gasteiger partial charge in [-0.25, -0.2) is 5.84 Å². The highest BCUT2D eigenvalue weighted by Gasteiger charge is 2.44. The maximum Gasteiger partial charge on any atom is 0.242 e. The Balaban J connectivity index is 2.34. The Morgan fingerprint density at radius 1 is 1.57 bits per heavy atom. The van der Waals surface area contributed by atoms with E-state index >= 15 is 0 Å². The van der Waals surface area contributed by atoms with E-state index in [2.05, 4.69) is 19.3 Å². The minimum absolute atomic E-state index is 0.0764. The van der Waals surface area contributed by atoms with Gasteiger partial charge in [-0.2, -0.15) is 0 Å². The summed E-state index contributed by atoms with van der Waals surface area (Å²) >= 11 is 0. The highest BCUT2D eigenvalue weighted by atomic mass is 16.5. The summed E-state index contributed by atoms with van der Waals surface area (Å²) in [5.74, 6) is 5.58. The molecule has 1 saturated carbocycles. The molecular formula is C10H20N2O2. The molecule has 0 aromatic rings. The average molecular weight is 200 g/mol. The second-order valence-electron chi connectivity index (χ2n) is 4.52. The molecular weight excluding hydrogens is 180 g/mol. The quantitative estimate of drug-likeness (QED) is 0.392. The van der Waals surface area contributed by atoms with Gasteiger partial charge in [0.1, 0.15) is 0 Å². The minimum atomic E-state index is -0.330. The standard InChI is InChI=1S/C10H20N2O2/c1-8(2)6-14-7-10(4-3-5-10)9(13)12-11/h8H,3-7,11H2,1-2H3,(H,12,13). The molecule has 3 N–H and O–H groups in total. The first-order valence-corrected chi connectivity index (χ1v) is 5.19. The first-order valence-electron chi connectivity index (χ1n) is 5.19. The van der Waals surface area contributed by atoms with Crippen molar-refractivity contribution in [2.75, 3.05) is 13.2 Å². The molecule has 4 nitrogen and oxygen atoms in total. The van der Waals surface area contributed by atoms with Gasteiger partial charge in [0.15, 0.2) is 0 Å². The Bertz CT molecular complexity index is 200. The summed E-state index contributed by atoms with van der Waals surface area (Å²) in [6.45, 7) is 5.40. The van der Waals surface area contributed by atoms with Crippen molar-refractivity contribution in [1.29, 1.82) is 0 Å². The molecule has 0 saturated heterocycles. The molecule has 1 aliphatic rings. The van der Waals surface area contributed by atoms with E-state index < -0.39 is 0 Å². The zero-order valence-corrected chi connectivity index (χ0v) is 9.01. The van der Waals surface area contributed by atoms with Crippen LogP contribution in [0.3, 0.4) is 0 Å². The number of rotatable bonds is 5. The molecule has 1 fully saturated rings. The van der Waals surface area contributed by atoms with Crippen LogP contribution in [0.2, 0.25) is 0 Å². The van der Waals surface area contributed by atoms with Gasteiger partial charge in [-0.15, -0.1) is 0 Å². The Morgan fingerprint density at radius 2 is 2.21 bits per heavy atom. The Hall–Kier alpha value is -0.610. The van der Waals surface area contributed by atoms with Crippen molar-refractivity contribution in [3.8, 4) is 0 Å². The van der Waals surface area contributed by atoms with E-state index in [-0.39, 0.29) is 11.3 Å². The number of carbonyl (C=O) groups is 1. The summed E-state index contributed by atoms with van der Waals surface area (Å²) in [5.41, 5.74) is 1.90. The predicted molar refractivity (Wildman–Crippen MR) is 54.3 cm³/mol. The predicted octanol–water partition coefficient (Wildman–Crippen LogP) is 0.819. The molecule has 1 rings (SSSR count). The highest BCUT2D eigenvalue weighted by molar-refractivity contribution is 5.83. The summed E-state index contributed by atoms with van der Waals surface area (Å²) in [6.07, 6.45) is 2.89. The first kappa shape index (κ1) is 11.5. The van der Waals surface area contributed by atoms with Crippen LogP contribution in [-0.4, -0.2) is 19.1 Å². The van der Waals surface area contributed by atoms with Crippen LogP contribution in [0, 0.1) is 11.3 Å². The normalized spacial score (nSPS) is 19.1. The third kappa shape index (κ3) is 2.45. The lowest BCUT2D eigenvalue weighted by atomic mass is 9.69. The number of nitrogens with two attached hydrogens (primary N) is 1. The maximum absolute atomic E-state index is 11.5. The van der Waals surface area contributed by atoms with Crippen LogP contribution in [0.4, 0.5) is 0 Å². The van der Waals surface area contributed by atoms with Gasteiger partial charge in [-0.3, -0.25) is 10.2 Å². The average Bonchev–Trinajstić information content (AvgIpc) is 2.08. The summed E-state index contributed by atoms with van der Waals surface area (Å²) in [4.78, 5) is 11.5. The van der Waals surface area contributed by atoms with E-state index in [4.69, 9.17) is 10.6 Å². The molecule has 0 spiro atoms. The molecule has 0 unspecified atom stereocenters. The van der Waals surface area contributed by atoms with Gasteiger partial charge in [-0.05, 0) is 18.8 Å². The van der Waals surface area contributed by atoms with E-state index in [1.807, 2.05) is 0 Å². The van der Waals surface area contributed by atoms with Crippen LogP contribution in [0.1, 0.15) is 33.1 Å². The van der Waals surface area contributed by atoms with Crippen molar-refractivity contribution in [1.82, 2.24) is 5.43 Å². The number of hydrogen-bond donors (Lipinski definition) is 2. The zero-order valence-electron chi connectivity index (χ0n) is 9.01. The van der Waals surface area contributed by atoms with Crippen molar-refractivity contribution in [2.24, 2.45) is 17.2 Å². The second kappa shape index (κ2) is 4.75. The summed E-state index contributed by atoms with van der Waals surface area (Å²) in [5, 5.41) is 0. The molecule has 0 atom stereocenters. The molecule has 1 aliphatic carbocycles. The maximum atomic E-state index is 11.5. The van der Waals surface area contributed by atoms with Crippen LogP contribution in [0.25, 0.3) is 0 Å². The molecule has 0 radical (unpaired) electrons. The molecule has 0 bridgehead atoms. The smallest absolute Gasteiger partial charge is 0.242 e. The summed E-state index contributed by atoms with van der Waals surface area (Å²) in [6, 6.07) is 0.